The molecule has 38 heavy (non-hydrogen) atoms. The maximum atomic E-state index is 14.1. The van der Waals surface area contributed by atoms with Crippen molar-refractivity contribution in [3.8, 4) is 5.75 Å². The number of carbonyl (C=O) groups excluding carboxylic acids is 4. The first-order chi connectivity index (χ1) is 18.1. The van der Waals surface area contributed by atoms with Crippen molar-refractivity contribution in [2.24, 2.45) is 0 Å². The average molecular weight is 525 g/mol. The normalized spacial score (nSPS) is 17.3. The minimum atomic E-state index is -1.61. The van der Waals surface area contributed by atoms with Crippen LogP contribution in [0.4, 0.5) is 4.39 Å². The van der Waals surface area contributed by atoms with Gasteiger partial charge in [-0.25, -0.2) is 4.39 Å². The predicted octanol–water partition coefficient (Wildman–Crippen LogP) is 3.42. The van der Waals surface area contributed by atoms with Crippen LogP contribution in [0.2, 0.25) is 0 Å². The maximum Gasteiger partial charge on any atom is 0.255 e. The van der Waals surface area contributed by atoms with Crippen molar-refractivity contribution in [3.63, 3.8) is 0 Å². The maximum absolute atomic E-state index is 14.1. The van der Waals surface area contributed by atoms with Crippen molar-refractivity contribution in [3.05, 3.63) is 58.9 Å². The van der Waals surface area contributed by atoms with Crippen LogP contribution >= 0.6 is 0 Å². The van der Waals surface area contributed by atoms with E-state index in [4.69, 9.17) is 4.74 Å². The molecule has 4 rings (SSSR count). The average Bonchev–Trinajstić information content (AvgIpc) is 3.20. The van der Waals surface area contributed by atoms with E-state index in [0.717, 1.165) is 31.2 Å². The van der Waals surface area contributed by atoms with Crippen LogP contribution in [-0.2, 0) is 21.8 Å². The highest BCUT2D eigenvalue weighted by Gasteiger charge is 2.39. The summed E-state index contributed by atoms with van der Waals surface area (Å²) in [5.74, 6) is -0.512. The van der Waals surface area contributed by atoms with Gasteiger partial charge in [-0.1, -0.05) is 12.8 Å². The predicted molar refractivity (Wildman–Crippen MR) is 137 cm³/mol. The van der Waals surface area contributed by atoms with Crippen LogP contribution in [0.1, 0.15) is 84.3 Å². The number of halogens is 1. The highest BCUT2D eigenvalue weighted by Crippen LogP contribution is 2.30. The molecule has 1 aromatic heterocycles. The number of alkyl halides is 1. The number of nitrogens with one attached hydrogen (secondary N) is 2. The van der Waals surface area contributed by atoms with E-state index in [-0.39, 0.29) is 29.8 Å². The second-order valence-electron chi connectivity index (χ2n) is 10.1. The Hall–Kier alpha value is -3.82. The van der Waals surface area contributed by atoms with E-state index in [1.54, 1.807) is 18.2 Å². The van der Waals surface area contributed by atoms with E-state index >= 15 is 0 Å². The molecular formula is C28H33FN4O5. The minimum Gasteiger partial charge on any atom is -0.494 e. The summed E-state index contributed by atoms with van der Waals surface area (Å²) in [6, 6.07) is 7.74. The molecule has 3 heterocycles. The van der Waals surface area contributed by atoms with Gasteiger partial charge in [-0.2, -0.15) is 0 Å². The molecule has 2 aliphatic heterocycles. The number of unbranched alkanes of at least 4 members (excludes halogenated alkanes) is 3. The van der Waals surface area contributed by atoms with E-state index in [9.17, 15) is 23.6 Å². The Kier molecular flexibility index (Phi) is 8.38. The number of fused-ring (bicyclic) bond motifs is 1. The van der Waals surface area contributed by atoms with E-state index in [0.29, 0.717) is 43.0 Å². The van der Waals surface area contributed by atoms with E-state index < -0.39 is 17.6 Å². The van der Waals surface area contributed by atoms with E-state index in [1.807, 2.05) is 6.07 Å². The van der Waals surface area contributed by atoms with Gasteiger partial charge in [0.25, 0.3) is 11.8 Å². The topological polar surface area (TPSA) is 118 Å². The van der Waals surface area contributed by atoms with Crippen molar-refractivity contribution in [1.29, 1.82) is 0 Å². The van der Waals surface area contributed by atoms with E-state index in [2.05, 4.69) is 15.6 Å². The number of hydrogen-bond donors (Lipinski definition) is 2. The van der Waals surface area contributed by atoms with Crippen LogP contribution in [0.25, 0.3) is 0 Å². The van der Waals surface area contributed by atoms with Crippen LogP contribution in [-0.4, -0.2) is 52.7 Å². The molecule has 0 radical (unpaired) electrons. The van der Waals surface area contributed by atoms with E-state index in [1.165, 1.54) is 31.0 Å². The summed E-state index contributed by atoms with van der Waals surface area (Å²) in [4.78, 5) is 54.2. The number of imide groups is 1. The van der Waals surface area contributed by atoms with Gasteiger partial charge in [0.05, 0.1) is 12.3 Å². The number of aromatic nitrogens is 1. The second kappa shape index (κ2) is 11.7. The number of ether oxygens (including phenoxy) is 1. The number of rotatable bonds is 11. The quantitative estimate of drug-likeness (QED) is 0.344. The lowest BCUT2D eigenvalue weighted by Crippen LogP contribution is -2.52. The molecule has 2 aliphatic rings. The fourth-order valence-electron chi connectivity index (χ4n) is 4.61. The Labute approximate surface area is 221 Å². The third-order valence-corrected chi connectivity index (χ3v) is 6.75. The van der Waals surface area contributed by atoms with Gasteiger partial charge in [0.1, 0.15) is 17.5 Å². The zero-order valence-electron chi connectivity index (χ0n) is 21.7. The number of benzene rings is 1. The molecule has 1 saturated heterocycles. The van der Waals surface area contributed by atoms with Gasteiger partial charge < -0.3 is 15.0 Å². The fraction of sp³-hybridized carbons (Fsp3) is 0.464. The fourth-order valence-corrected chi connectivity index (χ4v) is 4.61. The molecular weight excluding hydrogens is 491 g/mol. The number of hydrogen-bond acceptors (Lipinski definition) is 6. The minimum absolute atomic E-state index is 0.205. The third-order valence-electron chi connectivity index (χ3n) is 6.75. The number of carbonyl (C=O) groups is 4. The Morgan fingerprint density at radius 2 is 1.95 bits per heavy atom. The Bertz CT molecular complexity index is 1230. The number of amides is 4. The number of piperidine rings is 1. The van der Waals surface area contributed by atoms with Crippen molar-refractivity contribution < 1.29 is 28.3 Å². The van der Waals surface area contributed by atoms with Crippen LogP contribution in [0.3, 0.4) is 0 Å². The molecule has 0 bridgehead atoms. The largest absolute Gasteiger partial charge is 0.494 e. The molecule has 0 spiro atoms. The Balaban J connectivity index is 1.14. The molecule has 202 valence electrons. The van der Waals surface area contributed by atoms with Crippen molar-refractivity contribution in [2.75, 3.05) is 13.2 Å². The van der Waals surface area contributed by atoms with Gasteiger partial charge >= 0.3 is 0 Å². The smallest absolute Gasteiger partial charge is 0.255 e. The molecule has 1 atom stereocenters. The molecule has 2 N–H and O–H groups in total. The summed E-state index contributed by atoms with van der Waals surface area (Å²) in [7, 11) is 0. The van der Waals surface area contributed by atoms with Gasteiger partial charge in [-0.3, -0.25) is 29.5 Å². The molecule has 4 amide bonds. The number of pyridine rings is 1. The lowest BCUT2D eigenvalue weighted by Gasteiger charge is -2.29. The summed E-state index contributed by atoms with van der Waals surface area (Å²) in [5, 5.41) is 5.17. The highest BCUT2D eigenvalue weighted by molar-refractivity contribution is 6.05. The van der Waals surface area contributed by atoms with Crippen molar-refractivity contribution >= 4 is 23.6 Å². The van der Waals surface area contributed by atoms with Gasteiger partial charge in [0.15, 0.2) is 0 Å². The SMILES string of the molecule is CC(C)(F)c1cc(C(=O)NCCCCCCOc2ccc3c(c2)CN(C2CCC(=O)NC2=O)C3=O)ccn1. The molecule has 0 aliphatic carbocycles. The first-order valence-electron chi connectivity index (χ1n) is 13.0. The standard InChI is InChI=1S/C28H33FN4O5/c1-28(2,29)23-16-18(11-13-30-23)25(35)31-12-5-3-4-6-14-38-20-7-8-21-19(15-20)17-33(27(21)37)22-9-10-24(34)32-26(22)36/h7-8,11,13,15-16,22H,3-6,9-10,12,14,17H2,1-2H3,(H,31,35)(H,32,34,36). The summed E-state index contributed by atoms with van der Waals surface area (Å²) in [6.45, 7) is 4.18. The molecule has 0 saturated carbocycles. The summed E-state index contributed by atoms with van der Waals surface area (Å²) < 4.78 is 19.9. The summed E-state index contributed by atoms with van der Waals surface area (Å²) in [5.41, 5.74) is 0.383. The monoisotopic (exact) mass is 524 g/mol. The molecule has 10 heteroatoms. The van der Waals surface area contributed by atoms with Gasteiger partial charge in [-0.05, 0) is 69.0 Å². The Morgan fingerprint density at radius 3 is 2.71 bits per heavy atom. The first-order valence-corrected chi connectivity index (χ1v) is 13.0. The zero-order chi connectivity index (χ0) is 27.3. The molecule has 1 fully saturated rings. The number of nitrogens with zero attached hydrogens (tertiary/aromatic N) is 2. The lowest BCUT2D eigenvalue weighted by molar-refractivity contribution is -0.136. The Morgan fingerprint density at radius 1 is 1.16 bits per heavy atom. The van der Waals surface area contributed by atoms with Crippen LogP contribution in [0, 0.1) is 0 Å². The van der Waals surface area contributed by atoms with Crippen LogP contribution < -0.4 is 15.4 Å². The van der Waals surface area contributed by atoms with Crippen LogP contribution in [0.5, 0.6) is 5.75 Å². The molecule has 2 aromatic rings. The molecule has 1 aromatic carbocycles. The van der Waals surface area contributed by atoms with Crippen molar-refractivity contribution in [2.45, 2.75) is 70.6 Å². The van der Waals surface area contributed by atoms with Gasteiger partial charge in [0, 0.05) is 36.8 Å². The zero-order valence-corrected chi connectivity index (χ0v) is 21.7. The third kappa shape index (κ3) is 6.54. The molecule has 9 nitrogen and oxygen atoms in total. The molecule has 1 unspecified atom stereocenters. The van der Waals surface area contributed by atoms with Gasteiger partial charge in [-0.15, -0.1) is 0 Å². The first kappa shape index (κ1) is 27.2. The second-order valence-corrected chi connectivity index (χ2v) is 10.1. The van der Waals surface area contributed by atoms with Gasteiger partial charge in [0.2, 0.25) is 11.8 Å². The summed E-state index contributed by atoms with van der Waals surface area (Å²) >= 11 is 0. The van der Waals surface area contributed by atoms with Crippen molar-refractivity contribution in [1.82, 2.24) is 20.5 Å². The highest BCUT2D eigenvalue weighted by atomic mass is 19.1. The van der Waals surface area contributed by atoms with Crippen LogP contribution in [0.15, 0.2) is 36.5 Å². The summed E-state index contributed by atoms with van der Waals surface area (Å²) in [6.07, 6.45) is 5.50. The lowest BCUT2D eigenvalue weighted by atomic mass is 10.0.